The van der Waals surface area contributed by atoms with Crippen molar-refractivity contribution in [3.05, 3.63) is 42.1 Å². The molecule has 0 unspecified atom stereocenters. The lowest BCUT2D eigenvalue weighted by atomic mass is 10.2. The van der Waals surface area contributed by atoms with Gasteiger partial charge in [0.15, 0.2) is 17.9 Å². The van der Waals surface area contributed by atoms with E-state index in [0.29, 0.717) is 13.1 Å². The van der Waals surface area contributed by atoms with E-state index in [9.17, 15) is 0 Å². The molecule has 0 saturated heterocycles. The van der Waals surface area contributed by atoms with Crippen LogP contribution in [0.5, 0.6) is 11.5 Å². The molecule has 0 aliphatic carbocycles. The van der Waals surface area contributed by atoms with Crippen LogP contribution in [0.25, 0.3) is 0 Å². The predicted molar refractivity (Wildman–Crippen MR) is 66.6 cm³/mol. The number of methoxy groups -OCH3 is 2. The zero-order valence-electron chi connectivity index (χ0n) is 10.5. The first kappa shape index (κ1) is 12.4. The number of rotatable bonds is 6. The standard InChI is InChI=1S/C13H16N2O3/c1-16-12-5-3-4-10(13(12)17-2)6-14-7-11-8-18-9-15-11/h3-5,8-9,14H,6-7H2,1-2H3. The van der Waals surface area contributed by atoms with Crippen LogP contribution in [-0.2, 0) is 13.1 Å². The monoisotopic (exact) mass is 248 g/mol. The van der Waals surface area contributed by atoms with Gasteiger partial charge >= 0.3 is 0 Å². The molecule has 1 heterocycles. The Kier molecular flexibility index (Phi) is 4.20. The molecule has 0 aliphatic heterocycles. The highest BCUT2D eigenvalue weighted by molar-refractivity contribution is 5.46. The lowest BCUT2D eigenvalue weighted by Gasteiger charge is -2.12. The van der Waals surface area contributed by atoms with E-state index in [-0.39, 0.29) is 0 Å². The summed E-state index contributed by atoms with van der Waals surface area (Å²) in [5, 5.41) is 3.27. The first-order valence-corrected chi connectivity index (χ1v) is 5.62. The number of benzene rings is 1. The highest BCUT2D eigenvalue weighted by Crippen LogP contribution is 2.30. The van der Waals surface area contributed by atoms with Crippen LogP contribution in [0.1, 0.15) is 11.3 Å². The zero-order chi connectivity index (χ0) is 12.8. The van der Waals surface area contributed by atoms with Crippen LogP contribution in [-0.4, -0.2) is 19.2 Å². The molecule has 96 valence electrons. The highest BCUT2D eigenvalue weighted by atomic mass is 16.5. The summed E-state index contributed by atoms with van der Waals surface area (Å²) in [4.78, 5) is 4.04. The van der Waals surface area contributed by atoms with Crippen LogP contribution < -0.4 is 14.8 Å². The summed E-state index contributed by atoms with van der Waals surface area (Å²) >= 11 is 0. The van der Waals surface area contributed by atoms with Gasteiger partial charge in [0.1, 0.15) is 6.26 Å². The molecule has 5 nitrogen and oxygen atoms in total. The van der Waals surface area contributed by atoms with Crippen molar-refractivity contribution in [2.45, 2.75) is 13.1 Å². The maximum Gasteiger partial charge on any atom is 0.180 e. The van der Waals surface area contributed by atoms with Gasteiger partial charge in [0.2, 0.25) is 0 Å². The van der Waals surface area contributed by atoms with Gasteiger partial charge in [0, 0.05) is 18.7 Å². The van der Waals surface area contributed by atoms with E-state index in [4.69, 9.17) is 13.9 Å². The molecule has 1 aromatic heterocycles. The van der Waals surface area contributed by atoms with Gasteiger partial charge < -0.3 is 19.2 Å². The molecule has 0 fully saturated rings. The molecular weight excluding hydrogens is 232 g/mol. The Morgan fingerprint density at radius 2 is 2.11 bits per heavy atom. The number of nitrogens with zero attached hydrogens (tertiary/aromatic N) is 1. The number of ether oxygens (including phenoxy) is 2. The number of hydrogen-bond donors (Lipinski definition) is 1. The molecule has 0 atom stereocenters. The molecule has 1 aromatic carbocycles. The van der Waals surface area contributed by atoms with Crippen LogP contribution in [0, 0.1) is 0 Å². The lowest BCUT2D eigenvalue weighted by molar-refractivity contribution is 0.350. The van der Waals surface area contributed by atoms with Gasteiger partial charge in [0.25, 0.3) is 0 Å². The summed E-state index contributed by atoms with van der Waals surface area (Å²) in [6.45, 7) is 1.32. The Morgan fingerprint density at radius 1 is 1.22 bits per heavy atom. The third-order valence-electron chi connectivity index (χ3n) is 2.59. The van der Waals surface area contributed by atoms with E-state index >= 15 is 0 Å². The Labute approximate surface area is 106 Å². The molecule has 5 heteroatoms. The van der Waals surface area contributed by atoms with Gasteiger partial charge in [-0.15, -0.1) is 0 Å². The fourth-order valence-electron chi connectivity index (χ4n) is 1.74. The Balaban J connectivity index is 2.00. The number of nitrogens with one attached hydrogen (secondary N) is 1. The van der Waals surface area contributed by atoms with Crippen molar-refractivity contribution in [1.82, 2.24) is 10.3 Å². The smallest absolute Gasteiger partial charge is 0.180 e. The minimum absolute atomic E-state index is 0.650. The molecular formula is C13H16N2O3. The van der Waals surface area contributed by atoms with Gasteiger partial charge in [0.05, 0.1) is 19.9 Å². The molecule has 0 saturated carbocycles. The van der Waals surface area contributed by atoms with Gasteiger partial charge in [-0.3, -0.25) is 0 Å². The molecule has 18 heavy (non-hydrogen) atoms. The SMILES string of the molecule is COc1cccc(CNCc2cocn2)c1OC. The first-order chi connectivity index (χ1) is 8.85. The van der Waals surface area contributed by atoms with Crippen molar-refractivity contribution in [3.63, 3.8) is 0 Å². The Morgan fingerprint density at radius 3 is 2.78 bits per heavy atom. The second-order valence-electron chi connectivity index (χ2n) is 3.74. The second-order valence-corrected chi connectivity index (χ2v) is 3.74. The van der Waals surface area contributed by atoms with Crippen LogP contribution in [0.2, 0.25) is 0 Å². The van der Waals surface area contributed by atoms with E-state index in [2.05, 4.69) is 10.3 Å². The molecule has 2 aromatic rings. The fourth-order valence-corrected chi connectivity index (χ4v) is 1.74. The summed E-state index contributed by atoms with van der Waals surface area (Å²) < 4.78 is 15.5. The number of aromatic nitrogens is 1. The lowest BCUT2D eigenvalue weighted by Crippen LogP contribution is -2.13. The quantitative estimate of drug-likeness (QED) is 0.847. The van der Waals surface area contributed by atoms with E-state index < -0.39 is 0 Å². The number of para-hydroxylation sites is 1. The molecule has 0 bridgehead atoms. The van der Waals surface area contributed by atoms with E-state index in [1.165, 1.54) is 6.39 Å². The average Bonchev–Trinajstić information content (AvgIpc) is 2.91. The number of hydrogen-bond acceptors (Lipinski definition) is 5. The summed E-state index contributed by atoms with van der Waals surface area (Å²) in [7, 11) is 3.27. The van der Waals surface area contributed by atoms with Crippen molar-refractivity contribution in [2.75, 3.05) is 14.2 Å². The summed E-state index contributed by atoms with van der Waals surface area (Å²) in [6, 6.07) is 5.81. The third-order valence-corrected chi connectivity index (χ3v) is 2.59. The van der Waals surface area contributed by atoms with Crippen LogP contribution >= 0.6 is 0 Å². The van der Waals surface area contributed by atoms with E-state index in [1.54, 1.807) is 20.5 Å². The minimum Gasteiger partial charge on any atom is -0.493 e. The Bertz CT molecular complexity index is 483. The highest BCUT2D eigenvalue weighted by Gasteiger charge is 2.08. The average molecular weight is 248 g/mol. The molecule has 1 N–H and O–H groups in total. The van der Waals surface area contributed by atoms with Crippen molar-refractivity contribution in [1.29, 1.82) is 0 Å². The van der Waals surface area contributed by atoms with Crippen LogP contribution in [0.15, 0.2) is 35.3 Å². The largest absolute Gasteiger partial charge is 0.493 e. The van der Waals surface area contributed by atoms with Crippen molar-refractivity contribution in [3.8, 4) is 11.5 Å². The molecule has 0 spiro atoms. The summed E-state index contributed by atoms with van der Waals surface area (Å²) in [6.07, 6.45) is 3.04. The van der Waals surface area contributed by atoms with Gasteiger partial charge in [-0.25, -0.2) is 4.98 Å². The minimum atomic E-state index is 0.650. The normalized spacial score (nSPS) is 10.3. The van der Waals surface area contributed by atoms with Gasteiger partial charge in [-0.05, 0) is 6.07 Å². The van der Waals surface area contributed by atoms with Crippen molar-refractivity contribution < 1.29 is 13.9 Å². The fraction of sp³-hybridized carbons (Fsp3) is 0.308. The molecule has 0 radical (unpaired) electrons. The van der Waals surface area contributed by atoms with Crippen molar-refractivity contribution in [2.24, 2.45) is 0 Å². The van der Waals surface area contributed by atoms with E-state index in [0.717, 1.165) is 22.8 Å². The topological polar surface area (TPSA) is 56.5 Å². The maximum atomic E-state index is 5.36. The van der Waals surface area contributed by atoms with Gasteiger partial charge in [-0.2, -0.15) is 0 Å². The predicted octanol–water partition coefficient (Wildman–Crippen LogP) is 1.98. The first-order valence-electron chi connectivity index (χ1n) is 5.62. The zero-order valence-corrected chi connectivity index (χ0v) is 10.5. The molecule has 2 rings (SSSR count). The third kappa shape index (κ3) is 2.81. The Hall–Kier alpha value is -2.01. The van der Waals surface area contributed by atoms with Gasteiger partial charge in [-0.1, -0.05) is 12.1 Å². The molecule has 0 aliphatic rings. The summed E-state index contributed by atoms with van der Waals surface area (Å²) in [5.74, 6) is 1.49. The summed E-state index contributed by atoms with van der Waals surface area (Å²) in [5.41, 5.74) is 1.91. The maximum absolute atomic E-state index is 5.36. The molecule has 0 amide bonds. The van der Waals surface area contributed by atoms with Crippen LogP contribution in [0.4, 0.5) is 0 Å². The van der Waals surface area contributed by atoms with Crippen LogP contribution in [0.3, 0.4) is 0 Å². The van der Waals surface area contributed by atoms with E-state index in [1.807, 2.05) is 18.2 Å². The number of oxazole rings is 1. The second kappa shape index (κ2) is 6.07. The van der Waals surface area contributed by atoms with Crippen molar-refractivity contribution >= 4 is 0 Å².